The van der Waals surface area contributed by atoms with Crippen molar-refractivity contribution in [1.82, 2.24) is 0 Å². The summed E-state index contributed by atoms with van der Waals surface area (Å²) < 4.78 is 0. The molecule has 0 spiro atoms. The summed E-state index contributed by atoms with van der Waals surface area (Å²) in [6, 6.07) is 16.2. The highest BCUT2D eigenvalue weighted by atomic mass is 35.5. The number of hydroxylamine groups is 1. The Morgan fingerprint density at radius 1 is 0.962 bits per heavy atom. The van der Waals surface area contributed by atoms with Gasteiger partial charge in [-0.2, -0.15) is 0 Å². The number of imide groups is 1. The van der Waals surface area contributed by atoms with Gasteiger partial charge in [-0.3, -0.25) is 14.4 Å². The molecule has 0 aromatic heterocycles. The summed E-state index contributed by atoms with van der Waals surface area (Å²) >= 11 is 5.92. The van der Waals surface area contributed by atoms with Crippen LogP contribution in [0.4, 0.5) is 11.4 Å². The van der Waals surface area contributed by atoms with E-state index in [-0.39, 0.29) is 17.9 Å². The zero-order valence-corrected chi connectivity index (χ0v) is 15.1. The van der Waals surface area contributed by atoms with Gasteiger partial charge in [0.2, 0.25) is 5.91 Å². The number of fused-ring (bicyclic) bond motifs is 1. The highest BCUT2D eigenvalue weighted by molar-refractivity contribution is 6.31. The molecule has 2 saturated heterocycles. The zero-order chi connectivity index (χ0) is 18.3. The molecule has 0 bridgehead atoms. The number of carbonyl (C=O) groups excluding carboxylic acids is 2. The maximum absolute atomic E-state index is 13.1. The molecular formula is C20H19ClN2O3. The number of halogens is 1. The molecule has 2 fully saturated rings. The van der Waals surface area contributed by atoms with Crippen LogP contribution in [-0.2, 0) is 14.4 Å². The molecule has 3 unspecified atom stereocenters. The number of benzene rings is 2. The number of anilines is 2. The first kappa shape index (κ1) is 17.1. The van der Waals surface area contributed by atoms with Crippen LogP contribution in [0.1, 0.15) is 19.8 Å². The predicted molar refractivity (Wildman–Crippen MR) is 99.9 cm³/mol. The van der Waals surface area contributed by atoms with Crippen LogP contribution < -0.4 is 9.96 Å². The summed E-state index contributed by atoms with van der Waals surface area (Å²) in [5, 5.41) is 2.30. The molecule has 5 nitrogen and oxygen atoms in total. The van der Waals surface area contributed by atoms with E-state index in [0.717, 1.165) is 18.5 Å². The molecule has 26 heavy (non-hydrogen) atoms. The van der Waals surface area contributed by atoms with Crippen LogP contribution in [0.25, 0.3) is 0 Å². The van der Waals surface area contributed by atoms with E-state index in [9.17, 15) is 9.59 Å². The molecule has 2 aromatic carbocycles. The van der Waals surface area contributed by atoms with E-state index in [1.807, 2.05) is 30.3 Å². The number of para-hydroxylation sites is 1. The Bertz CT molecular complexity index is 825. The smallest absolute Gasteiger partial charge is 0.266 e. The lowest BCUT2D eigenvalue weighted by Gasteiger charge is -2.28. The fraction of sp³-hybridized carbons (Fsp3) is 0.300. The first-order valence-electron chi connectivity index (χ1n) is 8.76. The molecular weight excluding hydrogens is 352 g/mol. The molecule has 0 radical (unpaired) electrons. The van der Waals surface area contributed by atoms with E-state index in [4.69, 9.17) is 16.4 Å². The summed E-state index contributed by atoms with van der Waals surface area (Å²) in [6.07, 6.45) is 0.877. The average molecular weight is 371 g/mol. The van der Waals surface area contributed by atoms with Gasteiger partial charge < -0.3 is 0 Å². The minimum atomic E-state index is -0.782. The third-order valence-electron chi connectivity index (χ3n) is 4.92. The fourth-order valence-electron chi connectivity index (χ4n) is 3.76. The van der Waals surface area contributed by atoms with Crippen molar-refractivity contribution in [2.75, 3.05) is 9.96 Å². The van der Waals surface area contributed by atoms with E-state index < -0.39 is 12.0 Å². The SMILES string of the molecule is CCCC1C2C(=O)N(c3ccc(Cl)cc3)C(=O)C2ON1c1ccccc1. The Hall–Kier alpha value is -2.37. The molecule has 2 aromatic rings. The number of hydrogen-bond donors (Lipinski definition) is 0. The van der Waals surface area contributed by atoms with E-state index >= 15 is 0 Å². The average Bonchev–Trinajstić information content (AvgIpc) is 3.14. The van der Waals surface area contributed by atoms with Crippen molar-refractivity contribution in [2.45, 2.75) is 31.9 Å². The minimum absolute atomic E-state index is 0.166. The second kappa shape index (κ2) is 6.74. The summed E-state index contributed by atoms with van der Waals surface area (Å²) in [7, 11) is 0. The van der Waals surface area contributed by atoms with Gasteiger partial charge in [-0.1, -0.05) is 43.1 Å². The molecule has 6 heteroatoms. The van der Waals surface area contributed by atoms with Gasteiger partial charge in [-0.15, -0.1) is 0 Å². The van der Waals surface area contributed by atoms with Gasteiger partial charge in [0, 0.05) is 5.02 Å². The van der Waals surface area contributed by atoms with Gasteiger partial charge in [0.1, 0.15) is 0 Å². The number of amides is 2. The van der Waals surface area contributed by atoms with Gasteiger partial charge >= 0.3 is 0 Å². The number of carbonyl (C=O) groups is 2. The van der Waals surface area contributed by atoms with Crippen molar-refractivity contribution < 1.29 is 14.4 Å². The Balaban J connectivity index is 1.67. The van der Waals surface area contributed by atoms with E-state index in [1.54, 1.807) is 29.3 Å². The fourth-order valence-corrected chi connectivity index (χ4v) is 3.88. The molecule has 2 amide bonds. The predicted octanol–water partition coefficient (Wildman–Crippen LogP) is 3.82. The monoisotopic (exact) mass is 370 g/mol. The van der Waals surface area contributed by atoms with Crippen LogP contribution >= 0.6 is 11.6 Å². The van der Waals surface area contributed by atoms with Crippen LogP contribution in [-0.4, -0.2) is 24.0 Å². The number of hydrogen-bond acceptors (Lipinski definition) is 4. The Morgan fingerprint density at radius 3 is 2.31 bits per heavy atom. The second-order valence-corrected chi connectivity index (χ2v) is 6.99. The molecule has 2 aliphatic heterocycles. The molecule has 4 rings (SSSR count). The Morgan fingerprint density at radius 2 is 1.65 bits per heavy atom. The molecule has 2 aliphatic rings. The summed E-state index contributed by atoms with van der Waals surface area (Å²) in [5.74, 6) is -1.03. The van der Waals surface area contributed by atoms with Crippen LogP contribution in [0.3, 0.4) is 0 Å². The number of nitrogens with zero attached hydrogens (tertiary/aromatic N) is 2. The van der Waals surface area contributed by atoms with Crippen LogP contribution in [0.5, 0.6) is 0 Å². The van der Waals surface area contributed by atoms with E-state index in [2.05, 4.69) is 6.92 Å². The normalized spacial score (nSPS) is 25.1. The zero-order valence-electron chi connectivity index (χ0n) is 14.3. The van der Waals surface area contributed by atoms with Gasteiger partial charge in [-0.05, 0) is 42.8 Å². The summed E-state index contributed by atoms with van der Waals surface area (Å²) in [6.45, 7) is 2.06. The highest BCUT2D eigenvalue weighted by Crippen LogP contribution is 2.41. The first-order chi connectivity index (χ1) is 12.6. The second-order valence-electron chi connectivity index (χ2n) is 6.56. The lowest BCUT2D eigenvalue weighted by Crippen LogP contribution is -2.40. The summed E-state index contributed by atoms with van der Waals surface area (Å²) in [5.41, 5.74) is 1.39. The maximum Gasteiger partial charge on any atom is 0.266 e. The standard InChI is InChI=1S/C20H19ClN2O3/c1-2-6-16-17-18(26-23(16)15-7-4-3-5-8-15)20(25)22(19(17)24)14-11-9-13(21)10-12-14/h3-5,7-12,16-18H,2,6H2,1H3. The van der Waals surface area contributed by atoms with Crippen LogP contribution in [0.2, 0.25) is 5.02 Å². The van der Waals surface area contributed by atoms with Crippen LogP contribution in [0, 0.1) is 5.92 Å². The molecule has 0 aliphatic carbocycles. The van der Waals surface area contributed by atoms with E-state index in [1.165, 1.54) is 4.90 Å². The lowest BCUT2D eigenvalue weighted by atomic mass is 9.93. The van der Waals surface area contributed by atoms with Gasteiger partial charge in [0.05, 0.1) is 23.3 Å². The maximum atomic E-state index is 13.1. The van der Waals surface area contributed by atoms with Crippen molar-refractivity contribution in [3.05, 3.63) is 59.6 Å². The van der Waals surface area contributed by atoms with E-state index in [0.29, 0.717) is 10.7 Å². The summed E-state index contributed by atoms with van der Waals surface area (Å²) in [4.78, 5) is 33.3. The van der Waals surface area contributed by atoms with Gasteiger partial charge in [0.25, 0.3) is 5.91 Å². The van der Waals surface area contributed by atoms with Crippen molar-refractivity contribution in [2.24, 2.45) is 5.92 Å². The van der Waals surface area contributed by atoms with Crippen LogP contribution in [0.15, 0.2) is 54.6 Å². The van der Waals surface area contributed by atoms with Gasteiger partial charge in [0.15, 0.2) is 6.10 Å². The molecule has 0 saturated carbocycles. The quantitative estimate of drug-likeness (QED) is 0.768. The van der Waals surface area contributed by atoms with Crippen molar-refractivity contribution >= 4 is 34.8 Å². The Labute approximate surface area is 157 Å². The molecule has 0 N–H and O–H groups in total. The first-order valence-corrected chi connectivity index (χ1v) is 9.14. The topological polar surface area (TPSA) is 49.9 Å². The van der Waals surface area contributed by atoms with Crippen molar-refractivity contribution in [1.29, 1.82) is 0 Å². The largest absolute Gasteiger partial charge is 0.273 e. The minimum Gasteiger partial charge on any atom is -0.273 e. The number of rotatable bonds is 4. The third-order valence-corrected chi connectivity index (χ3v) is 5.17. The highest BCUT2D eigenvalue weighted by Gasteiger charge is 2.59. The Kier molecular flexibility index (Phi) is 4.42. The van der Waals surface area contributed by atoms with Gasteiger partial charge in [-0.25, -0.2) is 9.96 Å². The lowest BCUT2D eigenvalue weighted by molar-refractivity contribution is -0.126. The van der Waals surface area contributed by atoms with Crippen molar-refractivity contribution in [3.63, 3.8) is 0 Å². The molecule has 3 atom stereocenters. The molecule has 2 heterocycles. The van der Waals surface area contributed by atoms with Crippen molar-refractivity contribution in [3.8, 4) is 0 Å². The third kappa shape index (κ3) is 2.68. The molecule has 134 valence electrons.